The van der Waals surface area contributed by atoms with E-state index in [-0.39, 0.29) is 1.43 Å². The molecule has 1 aromatic heterocycles. The lowest BCUT2D eigenvalue weighted by molar-refractivity contribution is 0.309. The first-order chi connectivity index (χ1) is 6.70. The van der Waals surface area contributed by atoms with Crippen molar-refractivity contribution in [2.45, 2.75) is 13.0 Å². The summed E-state index contributed by atoms with van der Waals surface area (Å²) in [6, 6.07) is 4.01. The summed E-state index contributed by atoms with van der Waals surface area (Å²) in [6.45, 7) is 1.94. The topological polar surface area (TPSA) is 42.8 Å². The summed E-state index contributed by atoms with van der Waals surface area (Å²) in [6.07, 6.45) is 0.987. The van der Waals surface area contributed by atoms with Gasteiger partial charge in [0, 0.05) is 26.6 Å². The average molecular weight is 207 g/mol. The maximum absolute atomic E-state index is 8.84. The second-order valence-electron chi connectivity index (χ2n) is 3.62. The third-order valence-electron chi connectivity index (χ3n) is 2.52. The standard InChI is InChI=1S/C10H11N3S.H2/c1-13-3-2-9-8(6-13)4-7(5-11)10(14)12-9;/h4H,2-3,6H2,1H3,(H,12,14);1H. The van der Waals surface area contributed by atoms with Crippen molar-refractivity contribution < 1.29 is 1.43 Å². The van der Waals surface area contributed by atoms with Gasteiger partial charge in [-0.05, 0) is 18.7 Å². The van der Waals surface area contributed by atoms with Crippen molar-refractivity contribution in [2.75, 3.05) is 13.6 Å². The van der Waals surface area contributed by atoms with E-state index in [2.05, 4.69) is 23.0 Å². The molecule has 14 heavy (non-hydrogen) atoms. The number of hydrogen-bond acceptors (Lipinski definition) is 3. The number of aromatic amines is 1. The summed E-state index contributed by atoms with van der Waals surface area (Å²) in [7, 11) is 2.08. The van der Waals surface area contributed by atoms with Crippen molar-refractivity contribution in [2.24, 2.45) is 0 Å². The van der Waals surface area contributed by atoms with Crippen LogP contribution in [0.5, 0.6) is 0 Å². The molecule has 1 N–H and O–H groups in total. The van der Waals surface area contributed by atoms with Crippen molar-refractivity contribution in [1.82, 2.24) is 9.88 Å². The highest BCUT2D eigenvalue weighted by atomic mass is 32.1. The van der Waals surface area contributed by atoms with E-state index in [0.29, 0.717) is 10.2 Å². The van der Waals surface area contributed by atoms with E-state index >= 15 is 0 Å². The lowest BCUT2D eigenvalue weighted by Gasteiger charge is -2.24. The van der Waals surface area contributed by atoms with E-state index < -0.39 is 0 Å². The lowest BCUT2D eigenvalue weighted by atomic mass is 10.0. The average Bonchev–Trinajstić information content (AvgIpc) is 2.17. The van der Waals surface area contributed by atoms with Gasteiger partial charge in [0.25, 0.3) is 0 Å². The van der Waals surface area contributed by atoms with Gasteiger partial charge in [-0.3, -0.25) is 0 Å². The highest BCUT2D eigenvalue weighted by molar-refractivity contribution is 7.71. The number of nitrogens with one attached hydrogen (secondary N) is 1. The Labute approximate surface area is 89.5 Å². The first-order valence-corrected chi connectivity index (χ1v) is 4.95. The Kier molecular flexibility index (Phi) is 2.36. The number of aromatic nitrogens is 1. The van der Waals surface area contributed by atoms with Crippen LogP contribution in [0.25, 0.3) is 0 Å². The summed E-state index contributed by atoms with van der Waals surface area (Å²) in [4.78, 5) is 5.37. The maximum Gasteiger partial charge on any atom is 0.121 e. The predicted octanol–water partition coefficient (Wildman–Crippen LogP) is 1.85. The molecule has 0 fully saturated rings. The van der Waals surface area contributed by atoms with E-state index in [0.717, 1.165) is 19.5 Å². The first-order valence-electron chi connectivity index (χ1n) is 4.54. The number of fused-ring (bicyclic) bond motifs is 1. The molecule has 1 aromatic rings. The second kappa shape index (κ2) is 3.52. The van der Waals surface area contributed by atoms with Gasteiger partial charge >= 0.3 is 0 Å². The highest BCUT2D eigenvalue weighted by Gasteiger charge is 2.14. The zero-order valence-electron chi connectivity index (χ0n) is 8.00. The SMILES string of the molecule is CN1CCc2[nH]c(=S)c(C#N)cc2C1.[HH]. The van der Waals surface area contributed by atoms with Gasteiger partial charge in [0.05, 0.1) is 5.56 Å². The minimum absolute atomic E-state index is 0. The molecule has 0 aliphatic carbocycles. The molecule has 0 saturated carbocycles. The van der Waals surface area contributed by atoms with Gasteiger partial charge in [0.15, 0.2) is 0 Å². The molecule has 0 radical (unpaired) electrons. The predicted molar refractivity (Wildman–Crippen MR) is 58.5 cm³/mol. The van der Waals surface area contributed by atoms with E-state index in [4.69, 9.17) is 17.5 Å². The normalized spacial score (nSPS) is 16.0. The third-order valence-corrected chi connectivity index (χ3v) is 2.84. The highest BCUT2D eigenvalue weighted by Crippen LogP contribution is 2.17. The van der Waals surface area contributed by atoms with Crippen LogP contribution in [0.1, 0.15) is 18.2 Å². The van der Waals surface area contributed by atoms with Gasteiger partial charge in [-0.1, -0.05) is 12.2 Å². The number of likely N-dealkylation sites (N-methyl/N-ethyl adjacent to an activating group) is 1. The molecule has 0 spiro atoms. The summed E-state index contributed by atoms with van der Waals surface area (Å²) >= 11 is 5.07. The molecular formula is C10H13N3S. The summed E-state index contributed by atoms with van der Waals surface area (Å²) < 4.78 is 0.566. The largest absolute Gasteiger partial charge is 0.349 e. The number of rotatable bonds is 0. The number of pyridine rings is 1. The minimum atomic E-state index is 0. The van der Waals surface area contributed by atoms with E-state index in [1.54, 1.807) is 0 Å². The molecule has 74 valence electrons. The molecule has 0 saturated heterocycles. The Morgan fingerprint density at radius 3 is 3.21 bits per heavy atom. The zero-order chi connectivity index (χ0) is 10.1. The van der Waals surface area contributed by atoms with Crippen LogP contribution in [0.4, 0.5) is 0 Å². The molecule has 0 amide bonds. The Hall–Kier alpha value is -1.18. The van der Waals surface area contributed by atoms with Crippen LogP contribution in [0.3, 0.4) is 0 Å². The summed E-state index contributed by atoms with van der Waals surface area (Å²) in [5, 5.41) is 8.84. The Morgan fingerprint density at radius 2 is 2.50 bits per heavy atom. The van der Waals surface area contributed by atoms with E-state index in [1.165, 1.54) is 11.3 Å². The lowest BCUT2D eigenvalue weighted by Crippen LogP contribution is -2.27. The van der Waals surface area contributed by atoms with E-state index in [9.17, 15) is 0 Å². The van der Waals surface area contributed by atoms with Crippen LogP contribution in [0, 0.1) is 16.0 Å². The van der Waals surface area contributed by atoms with Gasteiger partial charge in [0.2, 0.25) is 0 Å². The van der Waals surface area contributed by atoms with Crippen molar-refractivity contribution in [3.8, 4) is 6.07 Å². The molecule has 0 aromatic carbocycles. The maximum atomic E-state index is 8.84. The molecule has 4 heteroatoms. The van der Waals surface area contributed by atoms with Gasteiger partial charge in [-0.25, -0.2) is 0 Å². The van der Waals surface area contributed by atoms with Crippen LogP contribution in [0.15, 0.2) is 6.07 Å². The van der Waals surface area contributed by atoms with Crippen LogP contribution in [0.2, 0.25) is 0 Å². The molecule has 2 heterocycles. The van der Waals surface area contributed by atoms with E-state index in [1.807, 2.05) is 6.07 Å². The monoisotopic (exact) mass is 207 g/mol. The fourth-order valence-electron chi connectivity index (χ4n) is 1.73. The number of hydrogen-bond donors (Lipinski definition) is 1. The van der Waals surface area contributed by atoms with Crippen LogP contribution >= 0.6 is 12.2 Å². The van der Waals surface area contributed by atoms with Gasteiger partial charge in [-0.2, -0.15) is 5.26 Å². The summed E-state index contributed by atoms with van der Waals surface area (Å²) in [5.41, 5.74) is 2.96. The first kappa shape index (κ1) is 9.38. The van der Waals surface area contributed by atoms with Crippen molar-refractivity contribution in [3.05, 3.63) is 27.5 Å². The Balaban J connectivity index is 0.00000112. The fraction of sp³-hybridized carbons (Fsp3) is 0.400. The van der Waals surface area contributed by atoms with Gasteiger partial charge in [0.1, 0.15) is 10.7 Å². The molecule has 1 aliphatic rings. The molecule has 0 unspecified atom stereocenters. The smallest absolute Gasteiger partial charge is 0.121 e. The molecule has 0 atom stereocenters. The zero-order valence-corrected chi connectivity index (χ0v) is 8.82. The van der Waals surface area contributed by atoms with Crippen molar-refractivity contribution in [3.63, 3.8) is 0 Å². The van der Waals surface area contributed by atoms with Crippen molar-refractivity contribution in [1.29, 1.82) is 5.26 Å². The molecule has 2 rings (SSSR count). The Bertz CT molecular complexity index is 461. The fourth-order valence-corrected chi connectivity index (χ4v) is 1.96. The molecular weight excluding hydrogens is 194 g/mol. The summed E-state index contributed by atoms with van der Waals surface area (Å²) in [5.74, 6) is 0. The molecule has 0 bridgehead atoms. The third kappa shape index (κ3) is 1.57. The quantitative estimate of drug-likeness (QED) is 0.660. The van der Waals surface area contributed by atoms with Crippen LogP contribution in [-0.2, 0) is 13.0 Å². The second-order valence-corrected chi connectivity index (χ2v) is 4.02. The van der Waals surface area contributed by atoms with Crippen LogP contribution in [-0.4, -0.2) is 23.5 Å². The van der Waals surface area contributed by atoms with Crippen molar-refractivity contribution >= 4 is 12.2 Å². The number of nitrogens with zero attached hydrogens (tertiary/aromatic N) is 2. The van der Waals surface area contributed by atoms with Crippen LogP contribution < -0.4 is 0 Å². The molecule has 3 nitrogen and oxygen atoms in total. The Morgan fingerprint density at radius 1 is 1.71 bits per heavy atom. The minimum Gasteiger partial charge on any atom is -0.349 e. The molecule has 1 aliphatic heterocycles. The number of H-pyrrole nitrogens is 1. The number of nitriles is 1. The van der Waals surface area contributed by atoms with Gasteiger partial charge < -0.3 is 9.88 Å². The van der Waals surface area contributed by atoms with Gasteiger partial charge in [-0.15, -0.1) is 0 Å².